The van der Waals surface area contributed by atoms with Gasteiger partial charge in [0, 0.05) is 12.2 Å². The van der Waals surface area contributed by atoms with Gasteiger partial charge in [-0.3, -0.25) is 9.36 Å². The lowest BCUT2D eigenvalue weighted by Crippen LogP contribution is -2.17. The van der Waals surface area contributed by atoms with Gasteiger partial charge in [0.15, 0.2) is 16.8 Å². The minimum absolute atomic E-state index is 0.108. The number of carbonyl (C=O) groups is 1. The van der Waals surface area contributed by atoms with E-state index < -0.39 is 0 Å². The predicted molar refractivity (Wildman–Crippen MR) is 113 cm³/mol. The molecule has 28 heavy (non-hydrogen) atoms. The van der Waals surface area contributed by atoms with Crippen molar-refractivity contribution in [3.05, 3.63) is 52.9 Å². The number of nitrogens with zero attached hydrogens (tertiary/aromatic N) is 3. The molecule has 0 aliphatic carbocycles. The Kier molecular flexibility index (Phi) is 6.24. The smallest absolute Gasteiger partial charge is 0.192 e. The topological polar surface area (TPSA) is 57.0 Å². The summed E-state index contributed by atoms with van der Waals surface area (Å²) in [5.41, 5.74) is 1.98. The van der Waals surface area contributed by atoms with E-state index in [1.54, 1.807) is 11.3 Å². The Morgan fingerprint density at radius 3 is 2.82 bits per heavy atom. The normalized spacial score (nSPS) is 16.5. The Balaban J connectivity index is 1.50. The molecule has 0 saturated carbocycles. The van der Waals surface area contributed by atoms with Crippen molar-refractivity contribution in [2.45, 2.75) is 44.0 Å². The van der Waals surface area contributed by atoms with Gasteiger partial charge >= 0.3 is 0 Å². The van der Waals surface area contributed by atoms with Gasteiger partial charge in [0.2, 0.25) is 0 Å². The van der Waals surface area contributed by atoms with Crippen LogP contribution < -0.4 is 0 Å². The quantitative estimate of drug-likeness (QED) is 0.395. The average molecular weight is 414 g/mol. The zero-order valence-electron chi connectivity index (χ0n) is 15.8. The number of hydrogen-bond donors (Lipinski definition) is 0. The Bertz CT molecular complexity index is 914. The van der Waals surface area contributed by atoms with E-state index in [-0.39, 0.29) is 11.9 Å². The van der Waals surface area contributed by atoms with E-state index in [2.05, 4.69) is 27.8 Å². The van der Waals surface area contributed by atoms with Gasteiger partial charge in [-0.15, -0.1) is 21.5 Å². The summed E-state index contributed by atoms with van der Waals surface area (Å²) in [6.07, 6.45) is 3.30. The van der Waals surface area contributed by atoms with Crippen molar-refractivity contribution in [3.8, 4) is 10.7 Å². The molecule has 7 heteroatoms. The Hall–Kier alpha value is -1.96. The van der Waals surface area contributed by atoms with Crippen molar-refractivity contribution in [2.75, 3.05) is 12.4 Å². The molecular weight excluding hydrogens is 390 g/mol. The predicted octanol–water partition coefficient (Wildman–Crippen LogP) is 4.72. The second kappa shape index (κ2) is 9.03. The van der Waals surface area contributed by atoms with Crippen LogP contribution in [0.4, 0.5) is 0 Å². The maximum Gasteiger partial charge on any atom is 0.192 e. The summed E-state index contributed by atoms with van der Waals surface area (Å²) < 4.78 is 7.93. The standard InChI is InChI=1S/C21H23N3O2S2/c1-2-15-7-9-16(10-8-15)18(25)14-28-21-23-22-20(19-6-4-12-27-19)24(21)13-17-5-3-11-26-17/h4,6-10,12,17H,2-3,5,11,13-14H2,1H3. The number of carbonyl (C=O) groups excluding carboxylic acids is 1. The number of thioether (sulfide) groups is 1. The van der Waals surface area contributed by atoms with E-state index in [1.807, 2.05) is 35.7 Å². The molecule has 1 unspecified atom stereocenters. The van der Waals surface area contributed by atoms with E-state index in [4.69, 9.17) is 4.74 Å². The highest BCUT2D eigenvalue weighted by molar-refractivity contribution is 7.99. The molecule has 0 N–H and O–H groups in total. The molecular formula is C21H23N3O2S2. The molecule has 1 saturated heterocycles. The first-order valence-corrected chi connectivity index (χ1v) is 11.4. The summed E-state index contributed by atoms with van der Waals surface area (Å²) >= 11 is 3.10. The fourth-order valence-corrected chi connectivity index (χ4v) is 4.84. The third-order valence-corrected chi connectivity index (χ3v) is 6.72. The third kappa shape index (κ3) is 4.37. The molecule has 0 radical (unpaired) electrons. The van der Waals surface area contributed by atoms with E-state index >= 15 is 0 Å². The van der Waals surface area contributed by atoms with Crippen molar-refractivity contribution in [1.82, 2.24) is 14.8 Å². The lowest BCUT2D eigenvalue weighted by molar-refractivity contribution is 0.0953. The van der Waals surface area contributed by atoms with Crippen LogP contribution in [0.15, 0.2) is 46.9 Å². The highest BCUT2D eigenvalue weighted by Gasteiger charge is 2.22. The van der Waals surface area contributed by atoms with Crippen molar-refractivity contribution >= 4 is 28.9 Å². The van der Waals surface area contributed by atoms with Gasteiger partial charge in [-0.05, 0) is 36.3 Å². The number of hydrogen-bond acceptors (Lipinski definition) is 6. The first-order valence-electron chi connectivity index (χ1n) is 9.58. The molecule has 1 aliphatic rings. The summed E-state index contributed by atoms with van der Waals surface area (Å²) in [5, 5.41) is 11.6. The second-order valence-electron chi connectivity index (χ2n) is 6.79. The molecule has 0 bridgehead atoms. The SMILES string of the molecule is CCc1ccc(C(=O)CSc2nnc(-c3cccs3)n2CC2CCCO2)cc1. The highest BCUT2D eigenvalue weighted by Crippen LogP contribution is 2.29. The van der Waals surface area contributed by atoms with Gasteiger partial charge in [-0.1, -0.05) is 49.0 Å². The van der Waals surface area contributed by atoms with Crippen LogP contribution in [0.25, 0.3) is 10.7 Å². The van der Waals surface area contributed by atoms with Gasteiger partial charge in [-0.25, -0.2) is 0 Å². The number of aromatic nitrogens is 3. The lowest BCUT2D eigenvalue weighted by atomic mass is 10.1. The molecule has 1 aromatic carbocycles. The highest BCUT2D eigenvalue weighted by atomic mass is 32.2. The summed E-state index contributed by atoms with van der Waals surface area (Å²) in [7, 11) is 0. The van der Waals surface area contributed by atoms with Gasteiger partial charge in [0.1, 0.15) is 0 Å². The van der Waals surface area contributed by atoms with Gasteiger partial charge < -0.3 is 4.74 Å². The molecule has 3 heterocycles. The van der Waals surface area contributed by atoms with Gasteiger partial charge in [0.05, 0.1) is 23.3 Å². The Labute approximate surface area is 173 Å². The third-order valence-electron chi connectivity index (χ3n) is 4.89. The number of benzene rings is 1. The average Bonchev–Trinajstić information content (AvgIpc) is 3.49. The van der Waals surface area contributed by atoms with Crippen LogP contribution in [-0.4, -0.2) is 39.0 Å². The molecule has 0 spiro atoms. The number of ketones is 1. The lowest BCUT2D eigenvalue weighted by Gasteiger charge is -2.14. The second-order valence-corrected chi connectivity index (χ2v) is 8.68. The largest absolute Gasteiger partial charge is 0.376 e. The first-order chi connectivity index (χ1) is 13.7. The zero-order chi connectivity index (χ0) is 19.3. The minimum atomic E-state index is 0.108. The molecule has 1 fully saturated rings. The van der Waals surface area contributed by atoms with Crippen LogP contribution in [0.3, 0.4) is 0 Å². The summed E-state index contributed by atoms with van der Waals surface area (Å²) in [4.78, 5) is 13.7. The molecule has 1 atom stereocenters. The molecule has 3 aromatic rings. The van der Waals surface area contributed by atoms with Crippen molar-refractivity contribution < 1.29 is 9.53 Å². The monoisotopic (exact) mass is 413 g/mol. The fraction of sp³-hybridized carbons (Fsp3) is 0.381. The molecule has 0 amide bonds. The summed E-state index contributed by atoms with van der Waals surface area (Å²) in [6, 6.07) is 11.9. The first kappa shape index (κ1) is 19.4. The van der Waals surface area contributed by atoms with Crippen LogP contribution in [0, 0.1) is 0 Å². The van der Waals surface area contributed by atoms with E-state index in [9.17, 15) is 4.79 Å². The Morgan fingerprint density at radius 2 is 2.14 bits per heavy atom. The number of thiophene rings is 1. The fourth-order valence-electron chi connectivity index (χ4n) is 3.28. The number of ether oxygens (including phenoxy) is 1. The van der Waals surface area contributed by atoms with Crippen LogP contribution in [0.5, 0.6) is 0 Å². The number of aryl methyl sites for hydroxylation is 1. The Morgan fingerprint density at radius 1 is 1.29 bits per heavy atom. The molecule has 5 nitrogen and oxygen atoms in total. The van der Waals surface area contributed by atoms with Gasteiger partial charge in [-0.2, -0.15) is 0 Å². The zero-order valence-corrected chi connectivity index (χ0v) is 17.5. The molecule has 146 valence electrons. The number of rotatable bonds is 8. The number of Topliss-reactive ketones (excluding diaryl/α,β-unsaturated/α-hetero) is 1. The van der Waals surface area contributed by atoms with Crippen molar-refractivity contribution in [3.63, 3.8) is 0 Å². The molecule has 2 aromatic heterocycles. The van der Waals surface area contributed by atoms with Crippen LogP contribution >= 0.6 is 23.1 Å². The van der Waals surface area contributed by atoms with Crippen molar-refractivity contribution in [2.24, 2.45) is 0 Å². The maximum atomic E-state index is 12.6. The van der Waals surface area contributed by atoms with Crippen LogP contribution in [0.1, 0.15) is 35.7 Å². The van der Waals surface area contributed by atoms with E-state index in [1.165, 1.54) is 17.3 Å². The van der Waals surface area contributed by atoms with Gasteiger partial charge in [0.25, 0.3) is 0 Å². The summed E-state index contributed by atoms with van der Waals surface area (Å²) in [5.74, 6) is 1.31. The van der Waals surface area contributed by atoms with E-state index in [0.29, 0.717) is 5.75 Å². The summed E-state index contributed by atoms with van der Waals surface area (Å²) in [6.45, 7) is 3.65. The van der Waals surface area contributed by atoms with Crippen molar-refractivity contribution in [1.29, 1.82) is 0 Å². The minimum Gasteiger partial charge on any atom is -0.376 e. The maximum absolute atomic E-state index is 12.6. The molecule has 4 rings (SSSR count). The van der Waals surface area contributed by atoms with E-state index in [0.717, 1.165) is 53.8 Å². The van der Waals surface area contributed by atoms with Crippen LogP contribution in [0.2, 0.25) is 0 Å². The molecule has 1 aliphatic heterocycles. The van der Waals surface area contributed by atoms with Crippen LogP contribution in [-0.2, 0) is 17.7 Å².